The molecule has 2 aromatic heterocycles. The predicted octanol–water partition coefficient (Wildman–Crippen LogP) is 2.16. The predicted molar refractivity (Wildman–Crippen MR) is 83.4 cm³/mol. The van der Waals surface area contributed by atoms with E-state index in [0.29, 0.717) is 36.5 Å². The Morgan fingerprint density at radius 2 is 2.21 bits per heavy atom. The average Bonchev–Trinajstić information content (AvgIpc) is 3.26. The van der Waals surface area contributed by atoms with Crippen LogP contribution in [-0.4, -0.2) is 50.2 Å². The maximum Gasteiger partial charge on any atom is 0.140 e. The summed E-state index contributed by atoms with van der Waals surface area (Å²) in [5.41, 5.74) is 1.27. The van der Waals surface area contributed by atoms with Gasteiger partial charge in [-0.2, -0.15) is 0 Å². The van der Waals surface area contributed by atoms with Crippen molar-refractivity contribution in [3.8, 4) is 0 Å². The molecule has 4 rings (SSSR count). The highest BCUT2D eigenvalue weighted by Crippen LogP contribution is 2.20. The van der Waals surface area contributed by atoms with E-state index in [2.05, 4.69) is 19.9 Å². The van der Waals surface area contributed by atoms with Crippen molar-refractivity contribution in [1.82, 2.24) is 24.8 Å². The number of aromatic amines is 2. The molecule has 8 heteroatoms. The van der Waals surface area contributed by atoms with Crippen molar-refractivity contribution in [2.45, 2.75) is 25.4 Å². The fourth-order valence-corrected chi connectivity index (χ4v) is 2.98. The smallest absolute Gasteiger partial charge is 0.140 e. The first-order valence-electron chi connectivity index (χ1n) is 7.78. The number of rotatable bonds is 5. The van der Waals surface area contributed by atoms with Gasteiger partial charge in [0.15, 0.2) is 0 Å². The Bertz CT molecular complexity index is 819. The van der Waals surface area contributed by atoms with Crippen LogP contribution in [0.2, 0.25) is 0 Å². The minimum absolute atomic E-state index is 0.163. The van der Waals surface area contributed by atoms with Crippen LogP contribution in [0.15, 0.2) is 30.6 Å². The van der Waals surface area contributed by atoms with Crippen LogP contribution in [0, 0.1) is 5.82 Å². The molecule has 1 aliphatic heterocycles. The first-order chi connectivity index (χ1) is 11.7. The molecule has 0 spiro atoms. The number of imidazole rings is 2. The number of nitrogens with zero attached hydrogens (tertiary/aromatic N) is 3. The number of hydrogen-bond donors (Lipinski definition) is 2. The van der Waals surface area contributed by atoms with Crippen LogP contribution in [0.1, 0.15) is 11.6 Å². The molecule has 0 bridgehead atoms. The second-order valence-corrected chi connectivity index (χ2v) is 5.94. The minimum Gasteiger partial charge on any atom is -0.366 e. The summed E-state index contributed by atoms with van der Waals surface area (Å²) in [6.45, 7) is 1.54. The molecule has 6 nitrogen and oxygen atoms in total. The van der Waals surface area contributed by atoms with E-state index < -0.39 is 12.3 Å². The number of ether oxygens (including phenoxy) is 1. The number of halogens is 2. The van der Waals surface area contributed by atoms with Gasteiger partial charge in [-0.3, -0.25) is 4.90 Å². The summed E-state index contributed by atoms with van der Waals surface area (Å²) in [6, 6.07) is 4.34. The summed E-state index contributed by atoms with van der Waals surface area (Å²) < 4.78 is 33.0. The quantitative estimate of drug-likeness (QED) is 0.751. The largest absolute Gasteiger partial charge is 0.366 e. The molecule has 1 fully saturated rings. The van der Waals surface area contributed by atoms with Crippen molar-refractivity contribution in [3.05, 3.63) is 48.1 Å². The zero-order chi connectivity index (χ0) is 16.5. The molecule has 3 heterocycles. The first kappa shape index (κ1) is 15.2. The molecule has 2 atom stereocenters. The highest BCUT2D eigenvalue weighted by molar-refractivity contribution is 5.74. The normalized spacial score (nSPS) is 21.8. The van der Waals surface area contributed by atoms with E-state index in [1.54, 1.807) is 18.5 Å². The number of alkyl halides is 1. The fourth-order valence-electron chi connectivity index (χ4n) is 2.98. The molecule has 1 saturated heterocycles. The van der Waals surface area contributed by atoms with Gasteiger partial charge in [0.1, 0.15) is 36.3 Å². The van der Waals surface area contributed by atoms with Gasteiger partial charge in [0.2, 0.25) is 0 Å². The Morgan fingerprint density at radius 1 is 1.29 bits per heavy atom. The molecular formula is C16H17F2N5O. The van der Waals surface area contributed by atoms with Gasteiger partial charge in [0, 0.05) is 25.5 Å². The lowest BCUT2D eigenvalue weighted by molar-refractivity contribution is 0.00859. The highest BCUT2D eigenvalue weighted by atomic mass is 19.1. The van der Waals surface area contributed by atoms with Crippen LogP contribution in [0.5, 0.6) is 0 Å². The van der Waals surface area contributed by atoms with E-state index in [-0.39, 0.29) is 12.4 Å². The topological polar surface area (TPSA) is 69.8 Å². The van der Waals surface area contributed by atoms with E-state index in [1.807, 2.05) is 4.90 Å². The zero-order valence-corrected chi connectivity index (χ0v) is 12.9. The Kier molecular flexibility index (Phi) is 3.99. The van der Waals surface area contributed by atoms with Gasteiger partial charge >= 0.3 is 0 Å². The van der Waals surface area contributed by atoms with Crippen molar-refractivity contribution in [3.63, 3.8) is 0 Å². The number of fused-ring (bicyclic) bond motifs is 1. The van der Waals surface area contributed by atoms with Crippen LogP contribution >= 0.6 is 0 Å². The lowest BCUT2D eigenvalue weighted by Gasteiger charge is -2.14. The molecule has 2 N–H and O–H groups in total. The van der Waals surface area contributed by atoms with Crippen molar-refractivity contribution in [2.24, 2.45) is 0 Å². The second kappa shape index (κ2) is 6.29. The monoisotopic (exact) mass is 333 g/mol. The van der Waals surface area contributed by atoms with Crippen LogP contribution in [-0.2, 0) is 17.9 Å². The number of aromatic nitrogens is 4. The Hall–Kier alpha value is -2.32. The van der Waals surface area contributed by atoms with Crippen LogP contribution < -0.4 is 0 Å². The number of hydrogen-bond acceptors (Lipinski definition) is 4. The minimum atomic E-state index is -1.05. The third kappa shape index (κ3) is 3.15. The Balaban J connectivity index is 1.36. The lowest BCUT2D eigenvalue weighted by Crippen LogP contribution is -2.24. The summed E-state index contributed by atoms with van der Waals surface area (Å²) in [6.07, 6.45) is 1.86. The number of nitrogens with one attached hydrogen (secondary N) is 2. The van der Waals surface area contributed by atoms with Crippen molar-refractivity contribution >= 4 is 11.0 Å². The maximum atomic E-state index is 14.1. The molecular weight excluding hydrogens is 316 g/mol. The van der Waals surface area contributed by atoms with E-state index in [9.17, 15) is 8.78 Å². The van der Waals surface area contributed by atoms with Crippen LogP contribution in [0.3, 0.4) is 0 Å². The van der Waals surface area contributed by atoms with Crippen LogP contribution in [0.4, 0.5) is 8.78 Å². The summed E-state index contributed by atoms with van der Waals surface area (Å²) in [7, 11) is 0. The summed E-state index contributed by atoms with van der Waals surface area (Å²) >= 11 is 0. The molecule has 126 valence electrons. The van der Waals surface area contributed by atoms with Gasteiger partial charge in [-0.05, 0) is 18.2 Å². The van der Waals surface area contributed by atoms with Gasteiger partial charge < -0.3 is 14.7 Å². The second-order valence-electron chi connectivity index (χ2n) is 5.94. The summed E-state index contributed by atoms with van der Waals surface area (Å²) in [4.78, 5) is 16.4. The van der Waals surface area contributed by atoms with E-state index in [4.69, 9.17) is 4.74 Å². The summed E-state index contributed by atoms with van der Waals surface area (Å²) in [5, 5.41) is 0. The number of likely N-dealkylation sites (tertiary alicyclic amines) is 1. The fraction of sp³-hybridized carbons (Fsp3) is 0.375. The molecule has 0 saturated carbocycles. The van der Waals surface area contributed by atoms with Crippen molar-refractivity contribution in [2.75, 3.05) is 13.1 Å². The maximum absolute atomic E-state index is 14.1. The van der Waals surface area contributed by atoms with Gasteiger partial charge in [-0.25, -0.2) is 18.7 Å². The first-order valence-corrected chi connectivity index (χ1v) is 7.78. The molecule has 0 amide bonds. The average molecular weight is 333 g/mol. The van der Waals surface area contributed by atoms with Gasteiger partial charge in [-0.1, -0.05) is 0 Å². The number of benzene rings is 1. The Morgan fingerprint density at radius 3 is 3.04 bits per heavy atom. The molecule has 3 aromatic rings. The third-order valence-corrected chi connectivity index (χ3v) is 4.13. The molecule has 24 heavy (non-hydrogen) atoms. The lowest BCUT2D eigenvalue weighted by atomic mass is 10.3. The molecule has 2 unspecified atom stereocenters. The van der Waals surface area contributed by atoms with Gasteiger partial charge in [0.05, 0.1) is 17.6 Å². The molecule has 1 aromatic carbocycles. The van der Waals surface area contributed by atoms with Gasteiger partial charge in [-0.15, -0.1) is 0 Å². The molecule has 0 aliphatic carbocycles. The van der Waals surface area contributed by atoms with E-state index >= 15 is 0 Å². The molecule has 1 aliphatic rings. The molecule has 0 radical (unpaired) electrons. The van der Waals surface area contributed by atoms with E-state index in [1.165, 1.54) is 12.1 Å². The van der Waals surface area contributed by atoms with Gasteiger partial charge in [0.25, 0.3) is 0 Å². The van der Waals surface area contributed by atoms with Crippen molar-refractivity contribution < 1.29 is 13.5 Å². The van der Waals surface area contributed by atoms with Crippen LogP contribution in [0.25, 0.3) is 11.0 Å². The highest BCUT2D eigenvalue weighted by Gasteiger charge is 2.34. The third-order valence-electron chi connectivity index (χ3n) is 4.13. The number of H-pyrrole nitrogens is 2. The van der Waals surface area contributed by atoms with Crippen molar-refractivity contribution in [1.29, 1.82) is 0 Å². The Labute approximate surface area is 136 Å². The zero-order valence-electron chi connectivity index (χ0n) is 12.9. The summed E-state index contributed by atoms with van der Waals surface area (Å²) in [5.74, 6) is 1.04. The standard InChI is InChI=1S/C16H17F2N5O/c17-10-1-2-12-13(5-10)22-16(21-12)9-24-14-7-23(6-11(14)18)8-15-19-3-4-20-15/h1-5,11,14H,6-9H2,(H,19,20)(H,21,22). The SMILES string of the molecule is Fc1ccc2nc(COC3CN(Cc4ncc[nH]4)CC3F)[nH]c2c1. The van der Waals surface area contributed by atoms with E-state index in [0.717, 1.165) is 5.82 Å².